The molecule has 0 saturated carbocycles. The third kappa shape index (κ3) is 2.29. The van der Waals surface area contributed by atoms with Crippen LogP contribution in [0.25, 0.3) is 0 Å². The van der Waals surface area contributed by atoms with Gasteiger partial charge in [0.25, 0.3) is 0 Å². The molecule has 1 fully saturated rings. The van der Waals surface area contributed by atoms with Crippen molar-refractivity contribution in [3.8, 4) is 0 Å². The van der Waals surface area contributed by atoms with Gasteiger partial charge in [0.2, 0.25) is 6.08 Å². The molecule has 0 radical (unpaired) electrons. The Morgan fingerprint density at radius 2 is 2.60 bits per heavy atom. The number of aliphatic imine (C=N–C) groups is 1. The molecule has 10 heavy (non-hydrogen) atoms. The third-order valence-corrected chi connectivity index (χ3v) is 1.74. The van der Waals surface area contributed by atoms with E-state index < -0.39 is 0 Å². The summed E-state index contributed by atoms with van der Waals surface area (Å²) in [5.41, 5.74) is 0. The first-order chi connectivity index (χ1) is 4.93. The zero-order valence-corrected chi connectivity index (χ0v) is 5.88. The minimum Gasteiger partial charge on any atom is -0.381 e. The third-order valence-electron chi connectivity index (χ3n) is 1.74. The quantitative estimate of drug-likeness (QED) is 0.429. The summed E-state index contributed by atoms with van der Waals surface area (Å²) < 4.78 is 5.15. The standard InChI is InChI=1S/C7H11NO2/c9-6-8-3-1-7-2-4-10-5-7/h7H,1-5H2. The lowest BCUT2D eigenvalue weighted by Crippen LogP contribution is -2.00. The molecule has 0 aliphatic carbocycles. The van der Waals surface area contributed by atoms with E-state index in [1.165, 1.54) is 6.08 Å². The zero-order valence-electron chi connectivity index (χ0n) is 5.88. The summed E-state index contributed by atoms with van der Waals surface area (Å²) in [6.07, 6.45) is 3.61. The van der Waals surface area contributed by atoms with Crippen LogP contribution in [0.2, 0.25) is 0 Å². The summed E-state index contributed by atoms with van der Waals surface area (Å²) in [6, 6.07) is 0. The number of isocyanates is 1. The minimum absolute atomic E-state index is 0.609. The molecular weight excluding hydrogens is 130 g/mol. The van der Waals surface area contributed by atoms with Crippen LogP contribution >= 0.6 is 0 Å². The second-order valence-corrected chi connectivity index (χ2v) is 2.49. The summed E-state index contributed by atoms with van der Waals surface area (Å²) in [5, 5.41) is 0. The highest BCUT2D eigenvalue weighted by Gasteiger charge is 2.14. The van der Waals surface area contributed by atoms with Crippen LogP contribution in [-0.2, 0) is 9.53 Å². The molecule has 0 spiro atoms. The Morgan fingerprint density at radius 3 is 3.20 bits per heavy atom. The summed E-state index contributed by atoms with van der Waals surface area (Å²) in [5.74, 6) is 0.622. The van der Waals surface area contributed by atoms with Gasteiger partial charge in [-0.3, -0.25) is 0 Å². The molecule has 0 amide bonds. The van der Waals surface area contributed by atoms with Crippen LogP contribution < -0.4 is 0 Å². The van der Waals surface area contributed by atoms with E-state index in [9.17, 15) is 4.79 Å². The Bertz CT molecular complexity index is 135. The van der Waals surface area contributed by atoms with Crippen molar-refractivity contribution in [2.24, 2.45) is 10.9 Å². The molecule has 1 aliphatic rings. The SMILES string of the molecule is O=C=NCCC1CCOC1. The smallest absolute Gasteiger partial charge is 0.234 e. The number of hydrogen-bond acceptors (Lipinski definition) is 3. The van der Waals surface area contributed by atoms with Crippen LogP contribution in [0.4, 0.5) is 0 Å². The van der Waals surface area contributed by atoms with Gasteiger partial charge in [-0.05, 0) is 18.8 Å². The van der Waals surface area contributed by atoms with Crippen molar-refractivity contribution in [3.05, 3.63) is 0 Å². The second-order valence-electron chi connectivity index (χ2n) is 2.49. The summed E-state index contributed by atoms with van der Waals surface area (Å²) >= 11 is 0. The van der Waals surface area contributed by atoms with E-state index in [4.69, 9.17) is 4.74 Å². The predicted molar refractivity (Wildman–Crippen MR) is 36.5 cm³/mol. The molecule has 0 N–H and O–H groups in total. The predicted octanol–water partition coefficient (Wildman–Crippen LogP) is 0.749. The van der Waals surface area contributed by atoms with E-state index in [1.807, 2.05) is 0 Å². The number of rotatable bonds is 3. The molecule has 1 atom stereocenters. The van der Waals surface area contributed by atoms with Crippen LogP contribution in [0.1, 0.15) is 12.8 Å². The maximum absolute atomic E-state index is 9.66. The van der Waals surface area contributed by atoms with Crippen LogP contribution in [0.5, 0.6) is 0 Å². The van der Waals surface area contributed by atoms with Crippen molar-refractivity contribution >= 4 is 6.08 Å². The Labute approximate surface area is 60.1 Å². The fourth-order valence-electron chi connectivity index (χ4n) is 1.10. The molecule has 1 saturated heterocycles. The Morgan fingerprint density at radius 1 is 1.70 bits per heavy atom. The largest absolute Gasteiger partial charge is 0.381 e. The highest BCUT2D eigenvalue weighted by Crippen LogP contribution is 2.15. The van der Waals surface area contributed by atoms with Crippen molar-refractivity contribution in [2.75, 3.05) is 19.8 Å². The van der Waals surface area contributed by atoms with Gasteiger partial charge in [-0.15, -0.1) is 0 Å². The fourth-order valence-corrected chi connectivity index (χ4v) is 1.10. The van der Waals surface area contributed by atoms with Gasteiger partial charge in [-0.2, -0.15) is 0 Å². The van der Waals surface area contributed by atoms with Gasteiger partial charge in [0.1, 0.15) is 0 Å². The van der Waals surface area contributed by atoms with Crippen molar-refractivity contribution in [1.29, 1.82) is 0 Å². The average Bonchev–Trinajstić information content (AvgIpc) is 2.41. The first kappa shape index (κ1) is 7.45. The van der Waals surface area contributed by atoms with E-state index in [1.54, 1.807) is 0 Å². The molecule has 1 heterocycles. The van der Waals surface area contributed by atoms with E-state index in [-0.39, 0.29) is 0 Å². The number of nitrogens with zero attached hydrogens (tertiary/aromatic N) is 1. The van der Waals surface area contributed by atoms with Crippen molar-refractivity contribution in [1.82, 2.24) is 0 Å². The van der Waals surface area contributed by atoms with Gasteiger partial charge in [-0.1, -0.05) is 0 Å². The molecule has 1 unspecified atom stereocenters. The molecular formula is C7H11NO2. The molecule has 3 heteroatoms. The van der Waals surface area contributed by atoms with Gasteiger partial charge in [0, 0.05) is 13.2 Å². The van der Waals surface area contributed by atoms with Crippen molar-refractivity contribution in [3.63, 3.8) is 0 Å². The zero-order chi connectivity index (χ0) is 7.23. The monoisotopic (exact) mass is 141 g/mol. The van der Waals surface area contributed by atoms with Crippen molar-refractivity contribution in [2.45, 2.75) is 12.8 Å². The summed E-state index contributed by atoms with van der Waals surface area (Å²) in [7, 11) is 0. The van der Waals surface area contributed by atoms with Crippen LogP contribution in [0, 0.1) is 5.92 Å². The van der Waals surface area contributed by atoms with Gasteiger partial charge >= 0.3 is 0 Å². The van der Waals surface area contributed by atoms with Crippen LogP contribution in [-0.4, -0.2) is 25.8 Å². The molecule has 56 valence electrons. The number of ether oxygens (including phenoxy) is 1. The van der Waals surface area contributed by atoms with Crippen LogP contribution in [0.15, 0.2) is 4.99 Å². The van der Waals surface area contributed by atoms with E-state index in [0.717, 1.165) is 26.1 Å². The van der Waals surface area contributed by atoms with E-state index >= 15 is 0 Å². The molecule has 0 aromatic heterocycles. The molecule has 0 aromatic rings. The van der Waals surface area contributed by atoms with Gasteiger partial charge in [-0.25, -0.2) is 9.79 Å². The lowest BCUT2D eigenvalue weighted by molar-refractivity contribution is 0.184. The molecule has 1 aliphatic heterocycles. The summed E-state index contributed by atoms with van der Waals surface area (Å²) in [4.78, 5) is 13.1. The fraction of sp³-hybridized carbons (Fsp3) is 0.857. The van der Waals surface area contributed by atoms with Gasteiger partial charge < -0.3 is 4.74 Å². The number of carbonyl (C=O) groups excluding carboxylic acids is 1. The minimum atomic E-state index is 0.609. The molecule has 1 rings (SSSR count). The van der Waals surface area contributed by atoms with Gasteiger partial charge in [0.15, 0.2) is 0 Å². The Hall–Kier alpha value is -0.660. The normalized spacial score (nSPS) is 24.2. The highest BCUT2D eigenvalue weighted by atomic mass is 16.5. The van der Waals surface area contributed by atoms with Crippen molar-refractivity contribution < 1.29 is 9.53 Å². The van der Waals surface area contributed by atoms with Gasteiger partial charge in [0.05, 0.1) is 6.54 Å². The summed E-state index contributed by atoms with van der Waals surface area (Å²) in [6.45, 7) is 2.32. The first-order valence-corrected chi connectivity index (χ1v) is 3.55. The topological polar surface area (TPSA) is 38.7 Å². The maximum Gasteiger partial charge on any atom is 0.234 e. The molecule has 0 aromatic carbocycles. The van der Waals surface area contributed by atoms with Crippen LogP contribution in [0.3, 0.4) is 0 Å². The number of hydrogen-bond donors (Lipinski definition) is 0. The Balaban J connectivity index is 2.06. The van der Waals surface area contributed by atoms with E-state index in [0.29, 0.717) is 12.5 Å². The van der Waals surface area contributed by atoms with E-state index in [2.05, 4.69) is 4.99 Å². The first-order valence-electron chi connectivity index (χ1n) is 3.55. The Kier molecular flexibility index (Phi) is 3.13. The maximum atomic E-state index is 9.66. The average molecular weight is 141 g/mol. The lowest BCUT2D eigenvalue weighted by atomic mass is 10.1. The molecule has 3 nitrogen and oxygen atoms in total. The lowest BCUT2D eigenvalue weighted by Gasteiger charge is -2.01. The second kappa shape index (κ2) is 4.20. The highest BCUT2D eigenvalue weighted by molar-refractivity contribution is 5.32. The molecule has 0 bridgehead atoms.